The molecule has 1 amide bonds. The molecule has 0 aliphatic carbocycles. The normalized spacial score (nSPS) is 15.8. The zero-order valence-corrected chi connectivity index (χ0v) is 19.9. The number of sulfonamides is 1. The largest absolute Gasteiger partial charge is 0.379 e. The highest BCUT2D eigenvalue weighted by Gasteiger charge is 2.29. The molecule has 3 rings (SSSR count). The number of aryl methyl sites for hydroxylation is 1. The molecule has 2 aromatic rings. The van der Waals surface area contributed by atoms with Gasteiger partial charge in [-0.2, -0.15) is 0 Å². The van der Waals surface area contributed by atoms with Gasteiger partial charge in [0.05, 0.1) is 25.2 Å². The van der Waals surface area contributed by atoms with E-state index < -0.39 is 16.1 Å². The van der Waals surface area contributed by atoms with E-state index in [1.54, 1.807) is 19.1 Å². The molecule has 1 heterocycles. The number of hydrogen-bond donors (Lipinski definition) is 1. The van der Waals surface area contributed by atoms with Crippen molar-refractivity contribution in [3.8, 4) is 0 Å². The molecule has 1 fully saturated rings. The average molecular weight is 460 g/mol. The van der Waals surface area contributed by atoms with Gasteiger partial charge in [-0.25, -0.2) is 8.42 Å². The van der Waals surface area contributed by atoms with Crippen LogP contribution in [0.5, 0.6) is 0 Å². The molecule has 0 unspecified atom stereocenters. The smallest absolute Gasteiger partial charge is 0.243 e. The predicted octanol–water partition coefficient (Wildman–Crippen LogP) is 2.55. The van der Waals surface area contributed by atoms with Crippen LogP contribution in [-0.2, 0) is 39.1 Å². The summed E-state index contributed by atoms with van der Waals surface area (Å²) in [6.07, 6.45) is 1.99. The van der Waals surface area contributed by atoms with Crippen molar-refractivity contribution in [2.45, 2.75) is 39.4 Å². The SMILES string of the molecule is CCc1ccc(N([C@H](C)C(=O)NCc2cccc(CN3CCOCC3)c2)S(C)(=O)=O)cc1. The highest BCUT2D eigenvalue weighted by atomic mass is 32.2. The van der Waals surface area contributed by atoms with Crippen LogP contribution in [-0.4, -0.2) is 57.8 Å². The minimum Gasteiger partial charge on any atom is -0.379 e. The monoisotopic (exact) mass is 459 g/mol. The Balaban J connectivity index is 1.65. The molecule has 0 aromatic heterocycles. The van der Waals surface area contributed by atoms with Gasteiger partial charge < -0.3 is 10.1 Å². The lowest BCUT2D eigenvalue weighted by Gasteiger charge is -2.28. The zero-order chi connectivity index (χ0) is 23.1. The van der Waals surface area contributed by atoms with Crippen LogP contribution in [0.25, 0.3) is 0 Å². The molecule has 1 aliphatic rings. The number of hydrogen-bond acceptors (Lipinski definition) is 5. The molecule has 0 saturated carbocycles. The summed E-state index contributed by atoms with van der Waals surface area (Å²) in [5.41, 5.74) is 3.76. The summed E-state index contributed by atoms with van der Waals surface area (Å²) in [6.45, 7) is 8.17. The van der Waals surface area contributed by atoms with Crippen molar-refractivity contribution in [3.05, 3.63) is 65.2 Å². The summed E-state index contributed by atoms with van der Waals surface area (Å²) in [5.74, 6) is -0.339. The molecule has 174 valence electrons. The standard InChI is InChI=1S/C24H33N3O4S/c1-4-20-8-10-23(11-9-20)27(32(3,29)30)19(2)24(28)25-17-21-6-5-7-22(16-21)18-26-12-14-31-15-13-26/h5-11,16,19H,4,12-15,17-18H2,1-3H3,(H,25,28)/t19-/m1/s1. The Kier molecular flexibility index (Phi) is 8.28. The number of carbonyl (C=O) groups is 1. The third kappa shape index (κ3) is 6.54. The Morgan fingerprint density at radius 2 is 1.75 bits per heavy atom. The molecule has 32 heavy (non-hydrogen) atoms. The summed E-state index contributed by atoms with van der Waals surface area (Å²) < 4.78 is 31.5. The lowest BCUT2D eigenvalue weighted by molar-refractivity contribution is -0.122. The number of amides is 1. The van der Waals surface area contributed by atoms with Crippen LogP contribution in [0.4, 0.5) is 5.69 Å². The number of nitrogens with zero attached hydrogens (tertiary/aromatic N) is 2. The number of morpholine rings is 1. The highest BCUT2D eigenvalue weighted by molar-refractivity contribution is 7.92. The molecule has 1 atom stereocenters. The lowest BCUT2D eigenvalue weighted by atomic mass is 10.1. The molecule has 1 saturated heterocycles. The van der Waals surface area contributed by atoms with Crippen LogP contribution < -0.4 is 9.62 Å². The molecule has 7 nitrogen and oxygen atoms in total. The van der Waals surface area contributed by atoms with Crippen LogP contribution in [0.15, 0.2) is 48.5 Å². The first-order chi connectivity index (χ1) is 15.3. The Morgan fingerprint density at radius 1 is 1.09 bits per heavy atom. The van der Waals surface area contributed by atoms with Gasteiger partial charge in [-0.15, -0.1) is 0 Å². The van der Waals surface area contributed by atoms with E-state index in [0.717, 1.165) is 56.7 Å². The van der Waals surface area contributed by atoms with Crippen LogP contribution in [0, 0.1) is 0 Å². The molecular weight excluding hydrogens is 426 g/mol. The van der Waals surface area contributed by atoms with E-state index >= 15 is 0 Å². The van der Waals surface area contributed by atoms with Gasteiger partial charge >= 0.3 is 0 Å². The van der Waals surface area contributed by atoms with Crippen molar-refractivity contribution in [1.29, 1.82) is 0 Å². The van der Waals surface area contributed by atoms with Crippen molar-refractivity contribution in [2.24, 2.45) is 0 Å². The average Bonchev–Trinajstić information content (AvgIpc) is 2.78. The van der Waals surface area contributed by atoms with E-state index in [1.807, 2.05) is 31.2 Å². The van der Waals surface area contributed by atoms with E-state index in [4.69, 9.17) is 4.74 Å². The van der Waals surface area contributed by atoms with E-state index in [1.165, 1.54) is 9.87 Å². The number of anilines is 1. The molecule has 0 spiro atoms. The fourth-order valence-corrected chi connectivity index (χ4v) is 5.05. The second-order valence-electron chi connectivity index (χ2n) is 8.18. The molecule has 1 N–H and O–H groups in total. The van der Waals surface area contributed by atoms with Gasteiger partial charge in [0.25, 0.3) is 0 Å². The molecule has 1 aliphatic heterocycles. The van der Waals surface area contributed by atoms with Crippen LogP contribution in [0.3, 0.4) is 0 Å². The second-order valence-corrected chi connectivity index (χ2v) is 10.0. The summed E-state index contributed by atoms with van der Waals surface area (Å²) >= 11 is 0. The number of ether oxygens (including phenoxy) is 1. The van der Waals surface area contributed by atoms with Crippen molar-refractivity contribution in [2.75, 3.05) is 36.9 Å². The molecule has 0 radical (unpaired) electrons. The van der Waals surface area contributed by atoms with Gasteiger partial charge in [0.1, 0.15) is 6.04 Å². The lowest BCUT2D eigenvalue weighted by Crippen LogP contribution is -2.47. The van der Waals surface area contributed by atoms with Gasteiger partial charge in [0.2, 0.25) is 15.9 Å². The molecular formula is C24H33N3O4S. The first kappa shape index (κ1) is 24.2. The summed E-state index contributed by atoms with van der Waals surface area (Å²) in [7, 11) is -3.63. The summed E-state index contributed by atoms with van der Waals surface area (Å²) in [4.78, 5) is 15.2. The van der Waals surface area contributed by atoms with Crippen molar-refractivity contribution in [1.82, 2.24) is 10.2 Å². The fourth-order valence-electron chi connectivity index (χ4n) is 3.88. The van der Waals surface area contributed by atoms with Gasteiger partial charge in [-0.05, 0) is 42.2 Å². The minimum absolute atomic E-state index is 0.339. The number of benzene rings is 2. The number of carbonyl (C=O) groups excluding carboxylic acids is 1. The van der Waals surface area contributed by atoms with Gasteiger partial charge in [0, 0.05) is 26.2 Å². The Hall–Kier alpha value is -2.42. The van der Waals surface area contributed by atoms with Gasteiger partial charge in [-0.3, -0.25) is 14.0 Å². The van der Waals surface area contributed by atoms with Crippen molar-refractivity contribution < 1.29 is 17.9 Å². The van der Waals surface area contributed by atoms with E-state index in [0.29, 0.717) is 12.2 Å². The minimum atomic E-state index is -3.63. The van der Waals surface area contributed by atoms with E-state index in [-0.39, 0.29) is 5.91 Å². The zero-order valence-electron chi connectivity index (χ0n) is 19.1. The summed E-state index contributed by atoms with van der Waals surface area (Å²) in [5, 5.41) is 2.90. The second kappa shape index (κ2) is 10.9. The first-order valence-corrected chi connectivity index (χ1v) is 12.9. The molecule has 8 heteroatoms. The predicted molar refractivity (Wildman–Crippen MR) is 127 cm³/mol. The fraction of sp³-hybridized carbons (Fsp3) is 0.458. The molecule has 2 aromatic carbocycles. The van der Waals surface area contributed by atoms with Crippen LogP contribution >= 0.6 is 0 Å². The number of nitrogens with one attached hydrogen (secondary N) is 1. The maximum atomic E-state index is 12.9. The van der Waals surface area contributed by atoms with Gasteiger partial charge in [-0.1, -0.05) is 43.3 Å². The third-order valence-corrected chi connectivity index (χ3v) is 6.90. The quantitative estimate of drug-likeness (QED) is 0.624. The first-order valence-electron chi connectivity index (χ1n) is 11.0. The third-order valence-electron chi connectivity index (χ3n) is 5.66. The van der Waals surface area contributed by atoms with Crippen molar-refractivity contribution in [3.63, 3.8) is 0 Å². The Labute approximate surface area is 191 Å². The summed E-state index contributed by atoms with van der Waals surface area (Å²) in [6, 6.07) is 14.5. The Morgan fingerprint density at radius 3 is 2.38 bits per heavy atom. The number of rotatable bonds is 9. The maximum absolute atomic E-state index is 12.9. The molecule has 0 bridgehead atoms. The Bertz CT molecular complexity index is 1000. The van der Waals surface area contributed by atoms with Crippen LogP contribution in [0.2, 0.25) is 0 Å². The van der Waals surface area contributed by atoms with Crippen molar-refractivity contribution >= 4 is 21.6 Å². The van der Waals surface area contributed by atoms with E-state index in [2.05, 4.69) is 22.3 Å². The topological polar surface area (TPSA) is 79.0 Å². The van der Waals surface area contributed by atoms with Gasteiger partial charge in [0.15, 0.2) is 0 Å². The van der Waals surface area contributed by atoms with E-state index in [9.17, 15) is 13.2 Å². The highest BCUT2D eigenvalue weighted by Crippen LogP contribution is 2.22. The van der Waals surface area contributed by atoms with Crippen LogP contribution in [0.1, 0.15) is 30.5 Å². The maximum Gasteiger partial charge on any atom is 0.243 e.